The van der Waals surface area contributed by atoms with E-state index in [0.717, 1.165) is 0 Å². The normalized spacial score (nSPS) is 28.1. The van der Waals surface area contributed by atoms with Crippen LogP contribution in [0.4, 0.5) is 4.39 Å². The minimum Gasteiger partial charge on any atom is -0.485 e. The van der Waals surface area contributed by atoms with Crippen molar-refractivity contribution >= 4 is 0 Å². The van der Waals surface area contributed by atoms with E-state index in [4.69, 9.17) is 10.5 Å². The Morgan fingerprint density at radius 3 is 2.80 bits per heavy atom. The summed E-state index contributed by atoms with van der Waals surface area (Å²) in [6, 6.07) is 3.55. The predicted octanol–water partition coefficient (Wildman–Crippen LogP) is 1.36. The summed E-state index contributed by atoms with van der Waals surface area (Å²) < 4.78 is 18.6. The fourth-order valence-electron chi connectivity index (χ4n) is 1.82. The molecule has 0 radical (unpaired) electrons. The van der Waals surface area contributed by atoms with Gasteiger partial charge in [0, 0.05) is 5.56 Å². The van der Waals surface area contributed by atoms with Gasteiger partial charge in [-0.15, -0.1) is 0 Å². The molecule has 1 aromatic carbocycles. The first-order valence-electron chi connectivity index (χ1n) is 4.84. The van der Waals surface area contributed by atoms with Crippen LogP contribution in [-0.2, 0) is 0 Å². The summed E-state index contributed by atoms with van der Waals surface area (Å²) in [6.07, 6.45) is -0.841. The first-order valence-corrected chi connectivity index (χ1v) is 4.84. The molecule has 0 spiro atoms. The molecule has 4 heteroatoms. The molecule has 0 unspecified atom stereocenters. The smallest absolute Gasteiger partial charge is 0.131 e. The van der Waals surface area contributed by atoms with Crippen LogP contribution in [0, 0.1) is 5.82 Å². The van der Waals surface area contributed by atoms with Crippen LogP contribution >= 0.6 is 0 Å². The molecule has 1 heterocycles. The lowest BCUT2D eigenvalue weighted by Crippen LogP contribution is -2.51. The highest BCUT2D eigenvalue weighted by Crippen LogP contribution is 2.38. The Morgan fingerprint density at radius 1 is 1.47 bits per heavy atom. The first-order chi connectivity index (χ1) is 6.92. The number of nitrogens with two attached hydrogens (primary N) is 1. The van der Waals surface area contributed by atoms with Gasteiger partial charge in [0.15, 0.2) is 0 Å². The number of fused-ring (bicyclic) bond motifs is 1. The van der Waals surface area contributed by atoms with E-state index in [9.17, 15) is 9.50 Å². The van der Waals surface area contributed by atoms with Crippen molar-refractivity contribution in [3.8, 4) is 5.75 Å². The highest BCUT2D eigenvalue weighted by molar-refractivity contribution is 5.40. The highest BCUT2D eigenvalue weighted by atomic mass is 19.1. The molecule has 15 heavy (non-hydrogen) atoms. The molecule has 82 valence electrons. The van der Waals surface area contributed by atoms with Gasteiger partial charge >= 0.3 is 0 Å². The molecule has 1 aromatic rings. The molecule has 0 saturated carbocycles. The summed E-state index contributed by atoms with van der Waals surface area (Å²) in [4.78, 5) is 0. The fraction of sp³-hybridized carbons (Fsp3) is 0.455. The van der Waals surface area contributed by atoms with Gasteiger partial charge in [0.25, 0.3) is 0 Å². The molecular formula is C11H14FNO2. The number of aliphatic hydroxyl groups is 1. The SMILES string of the molecule is CC1(C)Oc2ccc(F)cc2[C@@H](N)[C@@H]1O. The summed E-state index contributed by atoms with van der Waals surface area (Å²) >= 11 is 0. The van der Waals surface area contributed by atoms with Crippen LogP contribution in [0.25, 0.3) is 0 Å². The third-order valence-electron chi connectivity index (χ3n) is 2.76. The van der Waals surface area contributed by atoms with Gasteiger partial charge in [-0.05, 0) is 32.0 Å². The number of hydrogen-bond donors (Lipinski definition) is 2. The molecule has 1 aliphatic heterocycles. The molecule has 3 nitrogen and oxygen atoms in total. The van der Waals surface area contributed by atoms with E-state index >= 15 is 0 Å². The summed E-state index contributed by atoms with van der Waals surface area (Å²) in [6.45, 7) is 3.51. The van der Waals surface area contributed by atoms with Crippen LogP contribution in [0.2, 0.25) is 0 Å². The average Bonchev–Trinajstić information content (AvgIpc) is 2.16. The van der Waals surface area contributed by atoms with Gasteiger partial charge in [-0.1, -0.05) is 0 Å². The lowest BCUT2D eigenvalue weighted by molar-refractivity contribution is -0.0573. The molecule has 0 aliphatic carbocycles. The lowest BCUT2D eigenvalue weighted by atomic mass is 9.87. The van der Waals surface area contributed by atoms with E-state index in [2.05, 4.69) is 0 Å². The third-order valence-corrected chi connectivity index (χ3v) is 2.76. The van der Waals surface area contributed by atoms with E-state index in [1.165, 1.54) is 18.2 Å². The van der Waals surface area contributed by atoms with Gasteiger partial charge in [-0.2, -0.15) is 0 Å². The van der Waals surface area contributed by atoms with Crippen molar-refractivity contribution in [3.05, 3.63) is 29.6 Å². The van der Waals surface area contributed by atoms with Crippen LogP contribution in [0.1, 0.15) is 25.5 Å². The number of aliphatic hydroxyl groups excluding tert-OH is 1. The maximum atomic E-state index is 13.0. The Labute approximate surface area is 87.7 Å². The zero-order chi connectivity index (χ0) is 11.2. The maximum Gasteiger partial charge on any atom is 0.131 e. The molecule has 1 aliphatic rings. The van der Waals surface area contributed by atoms with Crippen molar-refractivity contribution in [1.29, 1.82) is 0 Å². The number of ether oxygens (including phenoxy) is 1. The standard InChI is InChI=1S/C11H14FNO2/c1-11(2)10(14)9(13)7-5-6(12)3-4-8(7)15-11/h3-5,9-10,14H,13H2,1-2H3/t9-,10+/m1/s1. The summed E-state index contributed by atoms with van der Waals surface area (Å²) in [5.74, 6) is 0.166. The van der Waals surface area contributed by atoms with Crippen LogP contribution in [0.5, 0.6) is 5.75 Å². The molecule has 2 atom stereocenters. The molecule has 0 aromatic heterocycles. The topological polar surface area (TPSA) is 55.5 Å². The van der Waals surface area contributed by atoms with Gasteiger partial charge < -0.3 is 15.6 Å². The second-order valence-corrected chi connectivity index (χ2v) is 4.36. The van der Waals surface area contributed by atoms with Crippen molar-refractivity contribution < 1.29 is 14.2 Å². The molecule has 3 N–H and O–H groups in total. The van der Waals surface area contributed by atoms with Gasteiger partial charge in [0.2, 0.25) is 0 Å². The van der Waals surface area contributed by atoms with E-state index in [-0.39, 0.29) is 5.82 Å². The summed E-state index contributed by atoms with van der Waals surface area (Å²) in [5, 5.41) is 9.87. The maximum absolute atomic E-state index is 13.0. The van der Waals surface area contributed by atoms with E-state index in [1.54, 1.807) is 13.8 Å². The average molecular weight is 211 g/mol. The van der Waals surface area contributed by atoms with Gasteiger partial charge in [-0.3, -0.25) is 0 Å². The van der Waals surface area contributed by atoms with Crippen molar-refractivity contribution in [2.75, 3.05) is 0 Å². The quantitative estimate of drug-likeness (QED) is 0.681. The zero-order valence-corrected chi connectivity index (χ0v) is 8.70. The Kier molecular flexibility index (Phi) is 2.20. The van der Waals surface area contributed by atoms with Crippen molar-refractivity contribution in [3.63, 3.8) is 0 Å². The number of halogens is 1. The molecular weight excluding hydrogens is 197 g/mol. The lowest BCUT2D eigenvalue weighted by Gasteiger charge is -2.40. The van der Waals surface area contributed by atoms with Crippen molar-refractivity contribution in [2.45, 2.75) is 31.6 Å². The van der Waals surface area contributed by atoms with E-state index in [0.29, 0.717) is 11.3 Å². The molecule has 0 amide bonds. The van der Waals surface area contributed by atoms with Crippen molar-refractivity contribution in [2.24, 2.45) is 5.73 Å². The Bertz CT molecular complexity index is 392. The van der Waals surface area contributed by atoms with Gasteiger partial charge in [-0.25, -0.2) is 4.39 Å². The Hall–Kier alpha value is -1.13. The number of rotatable bonds is 0. The van der Waals surface area contributed by atoms with Crippen LogP contribution in [-0.4, -0.2) is 16.8 Å². The monoisotopic (exact) mass is 211 g/mol. The summed E-state index contributed by atoms with van der Waals surface area (Å²) in [7, 11) is 0. The first kappa shape index (κ1) is 10.4. The molecule has 2 rings (SSSR count). The second-order valence-electron chi connectivity index (χ2n) is 4.36. The second kappa shape index (κ2) is 3.18. The number of benzene rings is 1. The minimum atomic E-state index is -0.841. The Balaban J connectivity index is 2.50. The Morgan fingerprint density at radius 2 is 2.13 bits per heavy atom. The van der Waals surface area contributed by atoms with Crippen molar-refractivity contribution in [1.82, 2.24) is 0 Å². The van der Waals surface area contributed by atoms with Gasteiger partial charge in [0.05, 0.1) is 6.04 Å². The largest absolute Gasteiger partial charge is 0.485 e. The fourth-order valence-corrected chi connectivity index (χ4v) is 1.82. The predicted molar refractivity (Wildman–Crippen MR) is 54.0 cm³/mol. The third kappa shape index (κ3) is 1.60. The molecule has 0 bridgehead atoms. The van der Waals surface area contributed by atoms with E-state index in [1.807, 2.05) is 0 Å². The molecule has 0 fully saturated rings. The van der Waals surface area contributed by atoms with Crippen LogP contribution < -0.4 is 10.5 Å². The number of hydrogen-bond acceptors (Lipinski definition) is 3. The van der Waals surface area contributed by atoms with Crippen LogP contribution in [0.3, 0.4) is 0 Å². The van der Waals surface area contributed by atoms with Gasteiger partial charge in [0.1, 0.15) is 23.3 Å². The zero-order valence-electron chi connectivity index (χ0n) is 8.70. The van der Waals surface area contributed by atoms with Crippen LogP contribution in [0.15, 0.2) is 18.2 Å². The molecule has 0 saturated heterocycles. The summed E-state index contributed by atoms with van der Waals surface area (Å²) in [5.41, 5.74) is 5.61. The highest BCUT2D eigenvalue weighted by Gasteiger charge is 2.41. The van der Waals surface area contributed by atoms with E-state index < -0.39 is 17.7 Å². The minimum absolute atomic E-state index is 0.375.